The lowest BCUT2D eigenvalue weighted by Crippen LogP contribution is -2.24. The summed E-state index contributed by atoms with van der Waals surface area (Å²) < 4.78 is 13.3. The van der Waals surface area contributed by atoms with Crippen LogP contribution in [0.25, 0.3) is 0 Å². The molecular weight excluding hydrogens is 257 g/mol. The van der Waals surface area contributed by atoms with Crippen LogP contribution in [0.15, 0.2) is 29.6 Å². The largest absolute Gasteiger partial charge is 0.306 e. The van der Waals surface area contributed by atoms with E-state index < -0.39 is 0 Å². The van der Waals surface area contributed by atoms with E-state index in [0.29, 0.717) is 6.04 Å². The predicted octanol–water partition coefficient (Wildman–Crippen LogP) is 4.36. The molecule has 2 aromatic rings. The van der Waals surface area contributed by atoms with Crippen molar-refractivity contribution in [3.63, 3.8) is 0 Å². The number of hydrogen-bond donors (Lipinski definition) is 1. The number of nitrogens with one attached hydrogen (secondary N) is 1. The fourth-order valence-electron chi connectivity index (χ4n) is 2.76. The van der Waals surface area contributed by atoms with Gasteiger partial charge < -0.3 is 5.32 Å². The minimum atomic E-state index is -0.151. The molecule has 0 fully saturated rings. The van der Waals surface area contributed by atoms with Gasteiger partial charge in [0.25, 0.3) is 0 Å². The van der Waals surface area contributed by atoms with Crippen LogP contribution in [0.1, 0.15) is 40.5 Å². The summed E-state index contributed by atoms with van der Waals surface area (Å²) in [7, 11) is 0. The maximum Gasteiger partial charge on any atom is 0.123 e. The standard InChI is InChI=1S/C16H18FNS/c1-11-5-6-13(17)9-12(11)10-18-15-3-2-4-16-14(15)7-8-19-16/h5-9,15,18H,2-4,10H2,1H3. The van der Waals surface area contributed by atoms with Gasteiger partial charge in [-0.25, -0.2) is 4.39 Å². The highest BCUT2D eigenvalue weighted by Gasteiger charge is 2.20. The number of halogens is 1. The van der Waals surface area contributed by atoms with Crippen LogP contribution in [0.2, 0.25) is 0 Å². The van der Waals surface area contributed by atoms with Crippen LogP contribution < -0.4 is 5.32 Å². The molecule has 3 heteroatoms. The monoisotopic (exact) mass is 275 g/mol. The van der Waals surface area contributed by atoms with Gasteiger partial charge in [0.1, 0.15) is 5.82 Å². The number of benzene rings is 1. The summed E-state index contributed by atoms with van der Waals surface area (Å²) in [6, 6.07) is 7.67. The van der Waals surface area contributed by atoms with Gasteiger partial charge in [0.15, 0.2) is 0 Å². The van der Waals surface area contributed by atoms with E-state index in [1.54, 1.807) is 6.07 Å². The fourth-order valence-corrected chi connectivity index (χ4v) is 3.75. The van der Waals surface area contributed by atoms with Crippen LogP contribution >= 0.6 is 11.3 Å². The van der Waals surface area contributed by atoms with E-state index in [1.165, 1.54) is 35.8 Å². The van der Waals surface area contributed by atoms with Gasteiger partial charge in [0, 0.05) is 17.5 Å². The molecule has 0 spiro atoms. The molecule has 1 aromatic carbocycles. The van der Waals surface area contributed by atoms with Gasteiger partial charge in [-0.1, -0.05) is 6.07 Å². The second kappa shape index (κ2) is 5.43. The zero-order chi connectivity index (χ0) is 13.2. The van der Waals surface area contributed by atoms with Crippen LogP contribution in [0, 0.1) is 12.7 Å². The Kier molecular flexibility index (Phi) is 3.67. The summed E-state index contributed by atoms with van der Waals surface area (Å²) in [4.78, 5) is 1.51. The van der Waals surface area contributed by atoms with Crippen molar-refractivity contribution < 1.29 is 4.39 Å². The molecule has 19 heavy (non-hydrogen) atoms. The van der Waals surface area contributed by atoms with Crippen molar-refractivity contribution in [2.24, 2.45) is 0 Å². The van der Waals surface area contributed by atoms with Crippen LogP contribution in [0.5, 0.6) is 0 Å². The Bertz CT molecular complexity index is 576. The topological polar surface area (TPSA) is 12.0 Å². The molecule has 1 heterocycles. The fraction of sp³-hybridized carbons (Fsp3) is 0.375. The van der Waals surface area contributed by atoms with Crippen LogP contribution in [0.4, 0.5) is 4.39 Å². The smallest absolute Gasteiger partial charge is 0.123 e. The number of aryl methyl sites for hydroxylation is 2. The lowest BCUT2D eigenvalue weighted by atomic mass is 9.94. The average Bonchev–Trinajstić information content (AvgIpc) is 2.88. The molecule has 0 aliphatic heterocycles. The van der Waals surface area contributed by atoms with E-state index in [9.17, 15) is 4.39 Å². The van der Waals surface area contributed by atoms with Gasteiger partial charge in [0.2, 0.25) is 0 Å². The van der Waals surface area contributed by atoms with Crippen LogP contribution in [-0.4, -0.2) is 0 Å². The highest BCUT2D eigenvalue weighted by Crippen LogP contribution is 2.33. The molecule has 1 aliphatic rings. The Hall–Kier alpha value is -1.19. The van der Waals surface area contributed by atoms with E-state index in [2.05, 4.69) is 16.8 Å². The summed E-state index contributed by atoms with van der Waals surface area (Å²) in [6.07, 6.45) is 3.63. The molecule has 0 saturated carbocycles. The normalized spacial score (nSPS) is 18.3. The zero-order valence-corrected chi connectivity index (χ0v) is 11.9. The van der Waals surface area contributed by atoms with Crippen molar-refractivity contribution in [3.05, 3.63) is 57.0 Å². The number of thiophene rings is 1. The Morgan fingerprint density at radius 2 is 2.26 bits per heavy atom. The third-order valence-corrected chi connectivity index (χ3v) is 4.90. The molecule has 100 valence electrons. The van der Waals surface area contributed by atoms with E-state index in [-0.39, 0.29) is 5.82 Å². The van der Waals surface area contributed by atoms with Crippen LogP contribution in [0.3, 0.4) is 0 Å². The second-order valence-electron chi connectivity index (χ2n) is 5.20. The van der Waals surface area contributed by atoms with Gasteiger partial charge in [0.05, 0.1) is 0 Å². The molecule has 1 N–H and O–H groups in total. The second-order valence-corrected chi connectivity index (χ2v) is 6.20. The Labute approximate surface area is 117 Å². The Balaban J connectivity index is 1.72. The lowest BCUT2D eigenvalue weighted by Gasteiger charge is -2.24. The van der Waals surface area contributed by atoms with E-state index in [4.69, 9.17) is 0 Å². The molecular formula is C16H18FNS. The molecule has 1 nitrogen and oxygen atoms in total. The van der Waals surface area contributed by atoms with Gasteiger partial charge >= 0.3 is 0 Å². The first kappa shape index (κ1) is 12.8. The van der Waals surface area contributed by atoms with Crippen molar-refractivity contribution in [1.29, 1.82) is 0 Å². The van der Waals surface area contributed by atoms with Gasteiger partial charge in [-0.3, -0.25) is 0 Å². The van der Waals surface area contributed by atoms with Gasteiger partial charge in [-0.2, -0.15) is 0 Å². The van der Waals surface area contributed by atoms with E-state index in [0.717, 1.165) is 17.7 Å². The summed E-state index contributed by atoms with van der Waals surface area (Å²) in [5.41, 5.74) is 3.66. The SMILES string of the molecule is Cc1ccc(F)cc1CNC1CCCc2sccc21. The molecule has 1 unspecified atom stereocenters. The van der Waals surface area contributed by atoms with Crippen molar-refractivity contribution >= 4 is 11.3 Å². The minimum Gasteiger partial charge on any atom is -0.306 e. The molecule has 1 aliphatic carbocycles. The minimum absolute atomic E-state index is 0.151. The third kappa shape index (κ3) is 2.72. The number of hydrogen-bond acceptors (Lipinski definition) is 2. The van der Waals surface area contributed by atoms with Crippen molar-refractivity contribution in [1.82, 2.24) is 5.32 Å². The van der Waals surface area contributed by atoms with E-state index in [1.807, 2.05) is 24.3 Å². The quantitative estimate of drug-likeness (QED) is 0.877. The molecule has 0 amide bonds. The number of rotatable bonds is 3. The predicted molar refractivity (Wildman–Crippen MR) is 78.0 cm³/mol. The molecule has 3 rings (SSSR count). The van der Waals surface area contributed by atoms with Crippen molar-refractivity contribution in [2.75, 3.05) is 0 Å². The first-order chi connectivity index (χ1) is 9.24. The molecule has 0 saturated heterocycles. The molecule has 1 atom stereocenters. The summed E-state index contributed by atoms with van der Waals surface area (Å²) >= 11 is 1.86. The maximum atomic E-state index is 13.3. The zero-order valence-electron chi connectivity index (χ0n) is 11.1. The molecule has 0 bridgehead atoms. The first-order valence-electron chi connectivity index (χ1n) is 6.79. The van der Waals surface area contributed by atoms with Crippen LogP contribution in [-0.2, 0) is 13.0 Å². The van der Waals surface area contributed by atoms with Crippen molar-refractivity contribution in [3.8, 4) is 0 Å². The third-order valence-electron chi connectivity index (χ3n) is 3.90. The maximum absolute atomic E-state index is 13.3. The average molecular weight is 275 g/mol. The molecule has 0 radical (unpaired) electrons. The summed E-state index contributed by atoms with van der Waals surface area (Å²) in [5.74, 6) is -0.151. The highest BCUT2D eigenvalue weighted by atomic mass is 32.1. The summed E-state index contributed by atoms with van der Waals surface area (Å²) in [6.45, 7) is 2.77. The lowest BCUT2D eigenvalue weighted by molar-refractivity contribution is 0.462. The van der Waals surface area contributed by atoms with Gasteiger partial charge in [-0.15, -0.1) is 11.3 Å². The summed E-state index contributed by atoms with van der Waals surface area (Å²) in [5, 5.41) is 5.77. The Morgan fingerprint density at radius 3 is 3.16 bits per heavy atom. The van der Waals surface area contributed by atoms with Gasteiger partial charge in [-0.05, 0) is 66.5 Å². The number of fused-ring (bicyclic) bond motifs is 1. The highest BCUT2D eigenvalue weighted by molar-refractivity contribution is 7.10. The Morgan fingerprint density at radius 1 is 1.37 bits per heavy atom. The van der Waals surface area contributed by atoms with Crippen molar-refractivity contribution in [2.45, 2.75) is 38.8 Å². The molecule has 1 aromatic heterocycles. The van der Waals surface area contributed by atoms with E-state index >= 15 is 0 Å². The first-order valence-corrected chi connectivity index (χ1v) is 7.66.